The van der Waals surface area contributed by atoms with Crippen molar-refractivity contribution < 1.29 is 14.2 Å². The summed E-state index contributed by atoms with van der Waals surface area (Å²) in [6, 6.07) is 0. The second-order valence-corrected chi connectivity index (χ2v) is 2.76. The van der Waals surface area contributed by atoms with Gasteiger partial charge in [0.05, 0.1) is 18.5 Å². The monoisotopic (exact) mass is 210 g/mol. The van der Waals surface area contributed by atoms with Gasteiger partial charge in [0.2, 0.25) is 0 Å². The molecule has 0 aromatic heterocycles. The maximum Gasteiger partial charge on any atom is 0.167 e. The molecule has 0 aromatic carbocycles. The van der Waals surface area contributed by atoms with Gasteiger partial charge in [-0.2, -0.15) is 0 Å². The zero-order valence-corrected chi connectivity index (χ0v) is 7.46. The van der Waals surface area contributed by atoms with Crippen molar-refractivity contribution in [3.8, 4) is 0 Å². The van der Waals surface area contributed by atoms with Crippen LogP contribution in [0, 0.1) is 0 Å². The number of ether oxygens (including phenoxy) is 3. The van der Waals surface area contributed by atoms with Crippen LogP contribution in [0.4, 0.5) is 0 Å². The van der Waals surface area contributed by atoms with Gasteiger partial charge in [-0.05, 0) is 0 Å². The standard InChI is InChI=1S/C6H11BrO3/c1-8-5-3-9-6(2-7)10-4-5/h5-6H,2-4H2,1H3. The van der Waals surface area contributed by atoms with E-state index in [1.165, 1.54) is 0 Å². The van der Waals surface area contributed by atoms with Gasteiger partial charge in [-0.1, -0.05) is 15.9 Å². The third-order valence-electron chi connectivity index (χ3n) is 1.40. The van der Waals surface area contributed by atoms with Crippen LogP contribution in [0.2, 0.25) is 0 Å². The van der Waals surface area contributed by atoms with Crippen LogP contribution in [-0.4, -0.2) is 38.0 Å². The van der Waals surface area contributed by atoms with Crippen molar-refractivity contribution in [1.82, 2.24) is 0 Å². The SMILES string of the molecule is COC1COC(CBr)OC1. The molecule has 4 heteroatoms. The Bertz CT molecular complexity index is 79.0. The van der Waals surface area contributed by atoms with Crippen LogP contribution >= 0.6 is 15.9 Å². The summed E-state index contributed by atoms with van der Waals surface area (Å²) in [6.07, 6.45) is 0.0155. The first-order valence-electron chi connectivity index (χ1n) is 3.18. The van der Waals surface area contributed by atoms with Crippen LogP contribution in [-0.2, 0) is 14.2 Å². The van der Waals surface area contributed by atoms with E-state index in [2.05, 4.69) is 15.9 Å². The Balaban J connectivity index is 2.17. The number of hydrogen-bond acceptors (Lipinski definition) is 3. The van der Waals surface area contributed by atoms with Gasteiger partial charge in [0.15, 0.2) is 6.29 Å². The van der Waals surface area contributed by atoms with Crippen molar-refractivity contribution in [2.75, 3.05) is 25.7 Å². The molecule has 0 radical (unpaired) electrons. The predicted octanol–water partition coefficient (Wildman–Crippen LogP) is 0.769. The Hall–Kier alpha value is 0.360. The molecule has 60 valence electrons. The van der Waals surface area contributed by atoms with Gasteiger partial charge in [0, 0.05) is 7.11 Å². The molecule has 3 nitrogen and oxygen atoms in total. The number of hydrogen-bond donors (Lipinski definition) is 0. The molecule has 0 bridgehead atoms. The molecule has 1 heterocycles. The number of alkyl halides is 1. The highest BCUT2D eigenvalue weighted by Gasteiger charge is 2.20. The predicted molar refractivity (Wildman–Crippen MR) is 40.3 cm³/mol. The molecule has 0 unspecified atom stereocenters. The number of halogens is 1. The van der Waals surface area contributed by atoms with E-state index in [0.717, 1.165) is 5.33 Å². The molecule has 1 fully saturated rings. The zero-order valence-electron chi connectivity index (χ0n) is 5.88. The Labute approximate surface area is 68.8 Å². The fourth-order valence-electron chi connectivity index (χ4n) is 0.751. The van der Waals surface area contributed by atoms with E-state index in [9.17, 15) is 0 Å². The van der Waals surface area contributed by atoms with Gasteiger partial charge >= 0.3 is 0 Å². The average molecular weight is 211 g/mol. The normalized spacial score (nSPS) is 34.2. The Kier molecular flexibility index (Phi) is 3.62. The van der Waals surface area contributed by atoms with Gasteiger partial charge < -0.3 is 14.2 Å². The topological polar surface area (TPSA) is 27.7 Å². The number of rotatable bonds is 2. The molecule has 1 aliphatic rings. The van der Waals surface area contributed by atoms with E-state index in [1.54, 1.807) is 7.11 Å². The third kappa shape index (κ3) is 2.20. The van der Waals surface area contributed by atoms with Crippen molar-refractivity contribution in [3.63, 3.8) is 0 Å². The van der Waals surface area contributed by atoms with Gasteiger partial charge in [-0.15, -0.1) is 0 Å². The lowest BCUT2D eigenvalue weighted by molar-refractivity contribution is -0.209. The third-order valence-corrected chi connectivity index (χ3v) is 1.92. The fourth-order valence-corrected chi connectivity index (χ4v) is 1.12. The smallest absolute Gasteiger partial charge is 0.167 e. The van der Waals surface area contributed by atoms with Crippen LogP contribution in [0.15, 0.2) is 0 Å². The lowest BCUT2D eigenvalue weighted by Crippen LogP contribution is -2.37. The van der Waals surface area contributed by atoms with Crippen molar-refractivity contribution in [2.45, 2.75) is 12.4 Å². The van der Waals surface area contributed by atoms with Crippen LogP contribution in [0.1, 0.15) is 0 Å². The summed E-state index contributed by atoms with van der Waals surface area (Å²) in [5.74, 6) is 0. The maximum absolute atomic E-state index is 5.24. The molecular formula is C6H11BrO3. The van der Waals surface area contributed by atoms with E-state index in [0.29, 0.717) is 13.2 Å². The van der Waals surface area contributed by atoms with E-state index in [-0.39, 0.29) is 12.4 Å². The van der Waals surface area contributed by atoms with E-state index < -0.39 is 0 Å². The second-order valence-electron chi connectivity index (χ2n) is 2.11. The summed E-state index contributed by atoms with van der Waals surface area (Å²) in [5, 5.41) is 0.726. The van der Waals surface area contributed by atoms with Gasteiger partial charge in [0.25, 0.3) is 0 Å². The van der Waals surface area contributed by atoms with Crippen molar-refractivity contribution in [3.05, 3.63) is 0 Å². The molecule has 0 spiro atoms. The molecule has 0 N–H and O–H groups in total. The lowest BCUT2D eigenvalue weighted by atomic mass is 10.4. The molecular weight excluding hydrogens is 200 g/mol. The molecule has 1 aliphatic heterocycles. The van der Waals surface area contributed by atoms with Crippen molar-refractivity contribution in [2.24, 2.45) is 0 Å². The molecule has 0 amide bonds. The first kappa shape index (κ1) is 8.46. The second kappa shape index (κ2) is 4.28. The summed E-state index contributed by atoms with van der Waals surface area (Å²) in [4.78, 5) is 0. The Morgan fingerprint density at radius 2 is 2.10 bits per heavy atom. The van der Waals surface area contributed by atoms with Crippen LogP contribution in [0.25, 0.3) is 0 Å². The largest absolute Gasteiger partial charge is 0.377 e. The summed E-state index contributed by atoms with van der Waals surface area (Å²) >= 11 is 3.26. The average Bonchev–Trinajstić information content (AvgIpc) is 2.05. The van der Waals surface area contributed by atoms with E-state index in [1.807, 2.05) is 0 Å². The van der Waals surface area contributed by atoms with Gasteiger partial charge in [0.1, 0.15) is 6.10 Å². The molecule has 1 saturated heterocycles. The van der Waals surface area contributed by atoms with Gasteiger partial charge in [-0.25, -0.2) is 0 Å². The van der Waals surface area contributed by atoms with Crippen LogP contribution in [0.3, 0.4) is 0 Å². The molecule has 0 atom stereocenters. The zero-order chi connectivity index (χ0) is 7.40. The first-order chi connectivity index (χ1) is 4.86. The molecule has 1 rings (SSSR count). The minimum Gasteiger partial charge on any atom is -0.377 e. The molecule has 0 aliphatic carbocycles. The first-order valence-corrected chi connectivity index (χ1v) is 4.31. The Morgan fingerprint density at radius 1 is 1.50 bits per heavy atom. The van der Waals surface area contributed by atoms with E-state index in [4.69, 9.17) is 14.2 Å². The fraction of sp³-hybridized carbons (Fsp3) is 1.00. The summed E-state index contributed by atoms with van der Waals surface area (Å²) in [6.45, 7) is 1.26. The summed E-state index contributed by atoms with van der Waals surface area (Å²) in [7, 11) is 1.66. The minimum atomic E-state index is -0.0913. The van der Waals surface area contributed by atoms with Crippen LogP contribution < -0.4 is 0 Å². The van der Waals surface area contributed by atoms with E-state index >= 15 is 0 Å². The van der Waals surface area contributed by atoms with Crippen molar-refractivity contribution >= 4 is 15.9 Å². The molecule has 0 aromatic rings. The minimum absolute atomic E-state index is 0.0913. The van der Waals surface area contributed by atoms with Crippen molar-refractivity contribution in [1.29, 1.82) is 0 Å². The lowest BCUT2D eigenvalue weighted by Gasteiger charge is -2.27. The van der Waals surface area contributed by atoms with Gasteiger partial charge in [-0.3, -0.25) is 0 Å². The highest BCUT2D eigenvalue weighted by atomic mass is 79.9. The quantitative estimate of drug-likeness (QED) is 0.631. The van der Waals surface area contributed by atoms with Crippen LogP contribution in [0.5, 0.6) is 0 Å². The Morgan fingerprint density at radius 3 is 2.50 bits per heavy atom. The highest BCUT2D eigenvalue weighted by Crippen LogP contribution is 2.09. The summed E-state index contributed by atoms with van der Waals surface area (Å²) < 4.78 is 15.5. The summed E-state index contributed by atoms with van der Waals surface area (Å²) in [5.41, 5.74) is 0. The number of methoxy groups -OCH3 is 1. The molecule has 0 saturated carbocycles. The maximum atomic E-state index is 5.24. The highest BCUT2D eigenvalue weighted by molar-refractivity contribution is 9.09. The molecule has 10 heavy (non-hydrogen) atoms.